The molecule has 0 aliphatic heterocycles. The number of rotatable bonds is 6. The zero-order valence-electron chi connectivity index (χ0n) is 18.3. The van der Waals surface area contributed by atoms with Gasteiger partial charge in [0.15, 0.2) is 0 Å². The standard InChI is InChI=1S/C26H27N3O2/c1-18-9-13-21(14-10-18)27-26(31)24(17-20-11-15-22(16-12-20)29(3)4)28-25(30)23-8-6-5-7-19(23)2/h5-17H,1-4H3,(H,27,31)(H,28,30). The SMILES string of the molecule is Cc1ccc(NC(=O)C(=Cc2ccc(N(C)C)cc2)NC(=O)c2ccccc2C)cc1. The molecule has 0 aliphatic rings. The summed E-state index contributed by atoms with van der Waals surface area (Å²) in [5.41, 5.74) is 5.16. The summed E-state index contributed by atoms with van der Waals surface area (Å²) in [5, 5.41) is 5.65. The van der Waals surface area contributed by atoms with E-state index in [-0.39, 0.29) is 17.5 Å². The first kappa shape index (κ1) is 21.8. The predicted molar refractivity (Wildman–Crippen MR) is 127 cm³/mol. The number of aryl methyl sites for hydroxylation is 2. The van der Waals surface area contributed by atoms with Crippen molar-refractivity contribution in [3.05, 3.63) is 101 Å². The number of hydrogen-bond donors (Lipinski definition) is 2. The Bertz CT molecular complexity index is 1100. The van der Waals surface area contributed by atoms with Crippen LogP contribution in [0.2, 0.25) is 0 Å². The minimum atomic E-state index is -0.387. The van der Waals surface area contributed by atoms with Crippen LogP contribution >= 0.6 is 0 Å². The van der Waals surface area contributed by atoms with E-state index in [9.17, 15) is 9.59 Å². The molecule has 0 aliphatic carbocycles. The van der Waals surface area contributed by atoms with E-state index in [0.717, 1.165) is 22.4 Å². The van der Waals surface area contributed by atoms with Crippen LogP contribution in [0.5, 0.6) is 0 Å². The van der Waals surface area contributed by atoms with Gasteiger partial charge in [-0.15, -0.1) is 0 Å². The molecule has 31 heavy (non-hydrogen) atoms. The largest absolute Gasteiger partial charge is 0.378 e. The van der Waals surface area contributed by atoms with Crippen molar-refractivity contribution in [1.82, 2.24) is 5.32 Å². The molecule has 0 spiro atoms. The summed E-state index contributed by atoms with van der Waals surface area (Å²) in [7, 11) is 3.93. The van der Waals surface area contributed by atoms with E-state index in [0.29, 0.717) is 11.3 Å². The minimum absolute atomic E-state index is 0.173. The predicted octanol–water partition coefficient (Wildman–Crippen LogP) is 4.78. The second-order valence-corrected chi connectivity index (χ2v) is 7.63. The van der Waals surface area contributed by atoms with Crippen LogP contribution in [0.1, 0.15) is 27.0 Å². The Labute approximate surface area is 183 Å². The van der Waals surface area contributed by atoms with E-state index < -0.39 is 0 Å². The third kappa shape index (κ3) is 5.82. The Morgan fingerprint density at radius 3 is 2.10 bits per heavy atom. The first-order valence-electron chi connectivity index (χ1n) is 10.1. The van der Waals surface area contributed by atoms with Gasteiger partial charge in [-0.25, -0.2) is 0 Å². The van der Waals surface area contributed by atoms with Gasteiger partial charge in [0.1, 0.15) is 5.70 Å². The number of carbonyl (C=O) groups is 2. The molecule has 0 unspecified atom stereocenters. The average molecular weight is 414 g/mol. The lowest BCUT2D eigenvalue weighted by Crippen LogP contribution is -2.31. The van der Waals surface area contributed by atoms with Crippen LogP contribution in [0.25, 0.3) is 6.08 Å². The molecular weight excluding hydrogens is 386 g/mol. The Morgan fingerprint density at radius 2 is 1.48 bits per heavy atom. The summed E-state index contributed by atoms with van der Waals surface area (Å²) in [6.07, 6.45) is 1.68. The monoisotopic (exact) mass is 413 g/mol. The normalized spacial score (nSPS) is 11.0. The van der Waals surface area contributed by atoms with Gasteiger partial charge >= 0.3 is 0 Å². The fourth-order valence-corrected chi connectivity index (χ4v) is 3.05. The summed E-state index contributed by atoms with van der Waals surface area (Å²) in [4.78, 5) is 27.9. The van der Waals surface area contributed by atoms with E-state index in [1.807, 2.05) is 93.5 Å². The maximum atomic E-state index is 13.0. The lowest BCUT2D eigenvalue weighted by atomic mass is 10.1. The molecule has 2 amide bonds. The molecule has 0 radical (unpaired) electrons. The Balaban J connectivity index is 1.90. The number of nitrogens with zero attached hydrogens (tertiary/aromatic N) is 1. The van der Waals surface area contributed by atoms with Crippen molar-refractivity contribution >= 4 is 29.3 Å². The van der Waals surface area contributed by atoms with E-state index in [2.05, 4.69) is 10.6 Å². The smallest absolute Gasteiger partial charge is 0.272 e. The highest BCUT2D eigenvalue weighted by Crippen LogP contribution is 2.16. The number of nitrogens with one attached hydrogen (secondary N) is 2. The molecule has 0 heterocycles. The van der Waals surface area contributed by atoms with Crippen LogP contribution < -0.4 is 15.5 Å². The first-order chi connectivity index (χ1) is 14.8. The summed E-state index contributed by atoms with van der Waals surface area (Å²) in [5.74, 6) is -0.712. The molecule has 0 fully saturated rings. The van der Waals surface area contributed by atoms with Gasteiger partial charge in [-0.05, 0) is 61.4 Å². The zero-order valence-corrected chi connectivity index (χ0v) is 18.3. The highest BCUT2D eigenvalue weighted by atomic mass is 16.2. The summed E-state index contributed by atoms with van der Waals surface area (Å²) < 4.78 is 0. The van der Waals surface area contributed by atoms with Gasteiger partial charge in [-0.3, -0.25) is 9.59 Å². The molecule has 3 aromatic rings. The summed E-state index contributed by atoms with van der Waals surface area (Å²) in [6.45, 7) is 3.85. The van der Waals surface area contributed by atoms with Gasteiger partial charge < -0.3 is 15.5 Å². The van der Waals surface area contributed by atoms with Crippen molar-refractivity contribution in [1.29, 1.82) is 0 Å². The average Bonchev–Trinajstić information content (AvgIpc) is 2.75. The zero-order chi connectivity index (χ0) is 22.4. The second-order valence-electron chi connectivity index (χ2n) is 7.63. The van der Waals surface area contributed by atoms with Gasteiger partial charge in [0.05, 0.1) is 0 Å². The summed E-state index contributed by atoms with van der Waals surface area (Å²) >= 11 is 0. The number of hydrogen-bond acceptors (Lipinski definition) is 3. The number of anilines is 2. The van der Waals surface area contributed by atoms with Crippen LogP contribution in [0.15, 0.2) is 78.5 Å². The van der Waals surface area contributed by atoms with Crippen molar-refractivity contribution < 1.29 is 9.59 Å². The molecule has 5 nitrogen and oxygen atoms in total. The third-order valence-corrected chi connectivity index (χ3v) is 4.91. The summed E-state index contributed by atoms with van der Waals surface area (Å²) in [6, 6.07) is 22.5. The topological polar surface area (TPSA) is 61.4 Å². The molecule has 0 saturated heterocycles. The Kier molecular flexibility index (Phi) is 6.88. The Hall–Kier alpha value is -3.86. The van der Waals surface area contributed by atoms with Crippen LogP contribution in [0, 0.1) is 13.8 Å². The molecule has 3 rings (SSSR count). The molecule has 158 valence electrons. The van der Waals surface area contributed by atoms with Gasteiger partial charge in [-0.1, -0.05) is 48.0 Å². The van der Waals surface area contributed by atoms with Gasteiger partial charge in [0.2, 0.25) is 0 Å². The lowest BCUT2D eigenvalue weighted by molar-refractivity contribution is -0.113. The molecule has 0 saturated carbocycles. The Morgan fingerprint density at radius 1 is 0.839 bits per heavy atom. The molecule has 0 bridgehead atoms. The van der Waals surface area contributed by atoms with E-state index in [4.69, 9.17) is 0 Å². The van der Waals surface area contributed by atoms with Crippen molar-refractivity contribution in [2.24, 2.45) is 0 Å². The van der Waals surface area contributed by atoms with E-state index >= 15 is 0 Å². The fourth-order valence-electron chi connectivity index (χ4n) is 3.05. The second kappa shape index (κ2) is 9.76. The van der Waals surface area contributed by atoms with Crippen LogP contribution in [0.4, 0.5) is 11.4 Å². The third-order valence-electron chi connectivity index (χ3n) is 4.91. The van der Waals surface area contributed by atoms with Gasteiger partial charge in [-0.2, -0.15) is 0 Å². The van der Waals surface area contributed by atoms with Gasteiger partial charge in [0.25, 0.3) is 11.8 Å². The molecule has 0 atom stereocenters. The minimum Gasteiger partial charge on any atom is -0.378 e. The van der Waals surface area contributed by atoms with Crippen molar-refractivity contribution in [3.63, 3.8) is 0 Å². The van der Waals surface area contributed by atoms with Crippen molar-refractivity contribution in [3.8, 4) is 0 Å². The number of benzene rings is 3. The van der Waals surface area contributed by atoms with Gasteiger partial charge in [0, 0.05) is 31.0 Å². The van der Waals surface area contributed by atoms with Crippen molar-refractivity contribution in [2.45, 2.75) is 13.8 Å². The van der Waals surface area contributed by atoms with Crippen LogP contribution in [-0.4, -0.2) is 25.9 Å². The van der Waals surface area contributed by atoms with E-state index in [1.54, 1.807) is 18.2 Å². The quantitative estimate of drug-likeness (QED) is 0.572. The fraction of sp³-hybridized carbons (Fsp3) is 0.154. The van der Waals surface area contributed by atoms with Crippen LogP contribution in [-0.2, 0) is 4.79 Å². The maximum absolute atomic E-state index is 13.0. The first-order valence-corrected chi connectivity index (χ1v) is 10.1. The highest BCUT2D eigenvalue weighted by Gasteiger charge is 2.16. The molecule has 0 aromatic heterocycles. The highest BCUT2D eigenvalue weighted by molar-refractivity contribution is 6.10. The number of amides is 2. The van der Waals surface area contributed by atoms with Crippen molar-refractivity contribution in [2.75, 3.05) is 24.3 Å². The maximum Gasteiger partial charge on any atom is 0.272 e. The van der Waals surface area contributed by atoms with E-state index in [1.165, 1.54) is 0 Å². The number of carbonyl (C=O) groups excluding carboxylic acids is 2. The lowest BCUT2D eigenvalue weighted by Gasteiger charge is -2.14. The molecule has 2 N–H and O–H groups in total. The molecular formula is C26H27N3O2. The molecule has 5 heteroatoms. The van der Waals surface area contributed by atoms with Crippen LogP contribution in [0.3, 0.4) is 0 Å². The molecule has 3 aromatic carbocycles.